The van der Waals surface area contributed by atoms with Crippen LogP contribution in [0.15, 0.2) is 18.2 Å². The highest BCUT2D eigenvalue weighted by molar-refractivity contribution is 6.34. The topological polar surface area (TPSA) is 29.1 Å². The van der Waals surface area contributed by atoms with Gasteiger partial charge < -0.3 is 5.32 Å². The maximum atomic E-state index is 13.0. The molecule has 0 aromatic heterocycles. The molecule has 82 valence electrons. The SMILES string of the molecule is CC(Cl)CNC(=O)c1cccc(F)c1Cl. The van der Waals surface area contributed by atoms with Crippen molar-refractivity contribution in [2.75, 3.05) is 6.54 Å². The third-order valence-electron chi connectivity index (χ3n) is 1.74. The van der Waals surface area contributed by atoms with Gasteiger partial charge in [-0.1, -0.05) is 17.7 Å². The number of alkyl halides is 1. The highest BCUT2D eigenvalue weighted by Crippen LogP contribution is 2.19. The maximum Gasteiger partial charge on any atom is 0.252 e. The summed E-state index contributed by atoms with van der Waals surface area (Å²) in [4.78, 5) is 11.5. The normalized spacial score (nSPS) is 12.3. The number of hydrogen-bond donors (Lipinski definition) is 1. The van der Waals surface area contributed by atoms with Gasteiger partial charge in [-0.15, -0.1) is 11.6 Å². The number of carbonyl (C=O) groups is 1. The van der Waals surface area contributed by atoms with E-state index in [9.17, 15) is 9.18 Å². The third kappa shape index (κ3) is 3.36. The minimum absolute atomic E-state index is 0.119. The van der Waals surface area contributed by atoms with Crippen LogP contribution in [0.2, 0.25) is 5.02 Å². The highest BCUT2D eigenvalue weighted by Gasteiger charge is 2.13. The van der Waals surface area contributed by atoms with Gasteiger partial charge in [-0.25, -0.2) is 4.39 Å². The second-order valence-electron chi connectivity index (χ2n) is 3.09. The van der Waals surface area contributed by atoms with Gasteiger partial charge >= 0.3 is 0 Å². The number of benzene rings is 1. The molecule has 0 fully saturated rings. The van der Waals surface area contributed by atoms with Crippen molar-refractivity contribution in [1.82, 2.24) is 5.32 Å². The largest absolute Gasteiger partial charge is 0.351 e. The van der Waals surface area contributed by atoms with Gasteiger partial charge in [0.15, 0.2) is 0 Å². The smallest absolute Gasteiger partial charge is 0.252 e. The van der Waals surface area contributed by atoms with Crippen molar-refractivity contribution in [3.8, 4) is 0 Å². The molecular weight excluding hydrogens is 240 g/mol. The molecule has 0 aliphatic heterocycles. The Balaban J connectivity index is 2.78. The molecule has 0 aliphatic rings. The summed E-state index contributed by atoms with van der Waals surface area (Å²) in [5.74, 6) is -1.03. The quantitative estimate of drug-likeness (QED) is 0.821. The molecule has 0 saturated carbocycles. The van der Waals surface area contributed by atoms with Crippen LogP contribution in [0.5, 0.6) is 0 Å². The first-order valence-corrected chi connectivity index (χ1v) is 5.20. The Kier molecular flexibility index (Phi) is 4.36. The predicted molar refractivity (Wildman–Crippen MR) is 59.1 cm³/mol. The minimum Gasteiger partial charge on any atom is -0.351 e. The van der Waals surface area contributed by atoms with Crippen LogP contribution in [0.1, 0.15) is 17.3 Å². The van der Waals surface area contributed by atoms with E-state index in [1.807, 2.05) is 0 Å². The van der Waals surface area contributed by atoms with Gasteiger partial charge in [-0.2, -0.15) is 0 Å². The van der Waals surface area contributed by atoms with Crippen molar-refractivity contribution in [3.05, 3.63) is 34.6 Å². The molecule has 1 atom stereocenters. The Bertz CT molecular complexity index is 368. The summed E-state index contributed by atoms with van der Waals surface area (Å²) >= 11 is 11.3. The molecule has 1 unspecified atom stereocenters. The summed E-state index contributed by atoms with van der Waals surface area (Å²) in [6, 6.07) is 4.09. The van der Waals surface area contributed by atoms with Gasteiger partial charge in [0.25, 0.3) is 5.91 Å². The fourth-order valence-electron chi connectivity index (χ4n) is 1.01. The molecule has 0 bridgehead atoms. The molecule has 15 heavy (non-hydrogen) atoms. The molecule has 1 aromatic carbocycles. The summed E-state index contributed by atoms with van der Waals surface area (Å²) in [5.41, 5.74) is 0.119. The molecule has 0 spiro atoms. The number of halogens is 3. The molecular formula is C10H10Cl2FNO. The number of hydrogen-bond acceptors (Lipinski definition) is 1. The molecule has 0 heterocycles. The standard InChI is InChI=1S/C10H10Cl2FNO/c1-6(11)5-14-10(15)7-3-2-4-8(13)9(7)12/h2-4,6H,5H2,1H3,(H,14,15). The number of nitrogens with one attached hydrogen (secondary N) is 1. The predicted octanol–water partition coefficient (Wildman–Crippen LogP) is 2.84. The fraction of sp³-hybridized carbons (Fsp3) is 0.300. The van der Waals surface area contributed by atoms with Gasteiger partial charge in [0.2, 0.25) is 0 Å². The van der Waals surface area contributed by atoms with Crippen LogP contribution in [0.3, 0.4) is 0 Å². The monoisotopic (exact) mass is 249 g/mol. The Labute approximate surface area is 97.4 Å². The van der Waals surface area contributed by atoms with Crippen LogP contribution in [0, 0.1) is 5.82 Å². The minimum atomic E-state index is -0.608. The second-order valence-corrected chi connectivity index (χ2v) is 4.22. The van der Waals surface area contributed by atoms with Gasteiger partial charge in [0.05, 0.1) is 10.6 Å². The summed E-state index contributed by atoms with van der Waals surface area (Å²) in [6.07, 6.45) is 0. The van der Waals surface area contributed by atoms with Crippen molar-refractivity contribution in [2.45, 2.75) is 12.3 Å². The fourth-order valence-corrected chi connectivity index (χ4v) is 1.30. The van der Waals surface area contributed by atoms with Crippen LogP contribution < -0.4 is 5.32 Å². The molecule has 1 amide bonds. The van der Waals surface area contributed by atoms with E-state index in [4.69, 9.17) is 23.2 Å². The van der Waals surface area contributed by atoms with E-state index < -0.39 is 11.7 Å². The molecule has 5 heteroatoms. The average Bonchev–Trinajstić information content (AvgIpc) is 2.18. The molecule has 1 N–H and O–H groups in total. The first kappa shape index (κ1) is 12.3. The first-order valence-electron chi connectivity index (χ1n) is 4.38. The molecule has 0 aliphatic carbocycles. The van der Waals surface area contributed by atoms with E-state index >= 15 is 0 Å². The van der Waals surface area contributed by atoms with E-state index in [2.05, 4.69) is 5.32 Å². The van der Waals surface area contributed by atoms with E-state index in [0.29, 0.717) is 6.54 Å². The molecule has 0 saturated heterocycles. The average molecular weight is 250 g/mol. The Morgan fingerprint density at radius 2 is 2.27 bits per heavy atom. The van der Waals surface area contributed by atoms with E-state index in [-0.39, 0.29) is 16.0 Å². The van der Waals surface area contributed by atoms with E-state index in [1.165, 1.54) is 18.2 Å². The van der Waals surface area contributed by atoms with Gasteiger partial charge in [-0.05, 0) is 19.1 Å². The zero-order valence-electron chi connectivity index (χ0n) is 8.06. The van der Waals surface area contributed by atoms with E-state index in [0.717, 1.165) is 0 Å². The van der Waals surface area contributed by atoms with Gasteiger partial charge in [0, 0.05) is 11.9 Å². The van der Waals surface area contributed by atoms with Gasteiger partial charge in [0.1, 0.15) is 5.82 Å². The molecule has 0 radical (unpaired) electrons. The summed E-state index contributed by atoms with van der Waals surface area (Å²) in [6.45, 7) is 2.06. The van der Waals surface area contributed by atoms with Crippen molar-refractivity contribution in [1.29, 1.82) is 0 Å². The lowest BCUT2D eigenvalue weighted by atomic mass is 10.2. The first-order chi connectivity index (χ1) is 7.02. The summed E-state index contributed by atoms with van der Waals surface area (Å²) in [5, 5.41) is 2.20. The van der Waals surface area contributed by atoms with Crippen LogP contribution >= 0.6 is 23.2 Å². The maximum absolute atomic E-state index is 13.0. The lowest BCUT2D eigenvalue weighted by Gasteiger charge is -2.07. The van der Waals surface area contributed by atoms with Crippen LogP contribution in [-0.2, 0) is 0 Å². The molecule has 2 nitrogen and oxygen atoms in total. The lowest BCUT2D eigenvalue weighted by Crippen LogP contribution is -2.28. The molecule has 1 rings (SSSR count). The Hall–Kier alpha value is -0.800. The van der Waals surface area contributed by atoms with Crippen molar-refractivity contribution < 1.29 is 9.18 Å². The van der Waals surface area contributed by atoms with Crippen LogP contribution in [0.4, 0.5) is 4.39 Å². The summed E-state index contributed by atoms with van der Waals surface area (Å²) in [7, 11) is 0. The Morgan fingerprint density at radius 1 is 1.60 bits per heavy atom. The molecule has 1 aromatic rings. The number of amides is 1. The van der Waals surface area contributed by atoms with Crippen LogP contribution in [-0.4, -0.2) is 17.8 Å². The Morgan fingerprint density at radius 3 is 2.87 bits per heavy atom. The van der Waals surface area contributed by atoms with Crippen molar-refractivity contribution in [2.24, 2.45) is 0 Å². The number of carbonyl (C=O) groups excluding carboxylic acids is 1. The third-order valence-corrected chi connectivity index (χ3v) is 2.28. The second kappa shape index (κ2) is 5.33. The zero-order chi connectivity index (χ0) is 11.4. The lowest BCUT2D eigenvalue weighted by molar-refractivity contribution is 0.0953. The van der Waals surface area contributed by atoms with Crippen LogP contribution in [0.25, 0.3) is 0 Å². The van der Waals surface area contributed by atoms with Crippen molar-refractivity contribution in [3.63, 3.8) is 0 Å². The summed E-state index contributed by atoms with van der Waals surface area (Å²) < 4.78 is 13.0. The zero-order valence-corrected chi connectivity index (χ0v) is 9.57. The highest BCUT2D eigenvalue weighted by atomic mass is 35.5. The number of rotatable bonds is 3. The van der Waals surface area contributed by atoms with E-state index in [1.54, 1.807) is 6.92 Å². The van der Waals surface area contributed by atoms with Crippen molar-refractivity contribution >= 4 is 29.1 Å². The van der Waals surface area contributed by atoms with Gasteiger partial charge in [-0.3, -0.25) is 4.79 Å².